The third kappa shape index (κ3) is 1.82. The molecule has 1 aromatic heterocycles. The van der Waals surface area contributed by atoms with Crippen molar-refractivity contribution in [1.29, 1.82) is 0 Å². The van der Waals surface area contributed by atoms with Gasteiger partial charge in [-0.2, -0.15) is 0 Å². The quantitative estimate of drug-likeness (QED) is 0.888. The summed E-state index contributed by atoms with van der Waals surface area (Å²) in [5, 5.41) is 13.7. The van der Waals surface area contributed by atoms with E-state index in [-0.39, 0.29) is 5.75 Å². The molecular formula is C11H10BrN3O. The van der Waals surface area contributed by atoms with Crippen molar-refractivity contribution in [2.75, 3.05) is 5.32 Å². The van der Waals surface area contributed by atoms with Crippen molar-refractivity contribution in [2.45, 2.75) is 18.9 Å². The molecule has 0 saturated heterocycles. The van der Waals surface area contributed by atoms with Crippen LogP contribution < -0.4 is 5.32 Å². The first-order chi connectivity index (χ1) is 7.72. The number of phenols is 1. The number of hydrogen-bond donors (Lipinski definition) is 2. The lowest BCUT2D eigenvalue weighted by Gasteiger charge is -2.05. The number of nitrogens with zero attached hydrogens (tertiary/aromatic N) is 2. The van der Waals surface area contributed by atoms with E-state index in [0.29, 0.717) is 16.5 Å². The zero-order valence-corrected chi connectivity index (χ0v) is 10.0. The van der Waals surface area contributed by atoms with Crippen LogP contribution in [0.2, 0.25) is 0 Å². The Morgan fingerprint density at radius 1 is 1.38 bits per heavy atom. The van der Waals surface area contributed by atoms with Crippen LogP contribution >= 0.6 is 15.9 Å². The lowest BCUT2D eigenvalue weighted by atomic mass is 10.2. The maximum absolute atomic E-state index is 9.57. The molecule has 1 aliphatic rings. The van der Waals surface area contributed by atoms with E-state index in [4.69, 9.17) is 0 Å². The minimum atomic E-state index is 0.198. The first-order valence-corrected chi connectivity index (χ1v) is 5.93. The lowest BCUT2D eigenvalue weighted by Crippen LogP contribution is -2.04. The van der Waals surface area contributed by atoms with Crippen LogP contribution in [0.3, 0.4) is 0 Å². The number of benzene rings is 1. The van der Waals surface area contributed by atoms with E-state index in [9.17, 15) is 5.11 Å². The molecule has 0 unspecified atom stereocenters. The number of aromatic hydroxyl groups is 1. The summed E-state index contributed by atoms with van der Waals surface area (Å²) in [6.45, 7) is 0. The van der Waals surface area contributed by atoms with E-state index >= 15 is 0 Å². The Bertz CT molecular complexity index is 554. The molecule has 1 aromatic carbocycles. The first-order valence-electron chi connectivity index (χ1n) is 5.14. The van der Waals surface area contributed by atoms with Gasteiger partial charge in [0.2, 0.25) is 5.95 Å². The molecule has 5 heteroatoms. The second-order valence-electron chi connectivity index (χ2n) is 3.97. The highest BCUT2D eigenvalue weighted by Crippen LogP contribution is 2.29. The summed E-state index contributed by atoms with van der Waals surface area (Å²) in [5.74, 6) is 0.834. The highest BCUT2D eigenvalue weighted by Gasteiger charge is 2.21. The number of rotatable bonds is 2. The Labute approximate surface area is 101 Å². The smallest absolute Gasteiger partial charge is 0.223 e. The van der Waals surface area contributed by atoms with Gasteiger partial charge in [0.1, 0.15) is 5.75 Å². The molecule has 1 aliphatic carbocycles. The zero-order valence-electron chi connectivity index (χ0n) is 8.44. The minimum absolute atomic E-state index is 0.198. The molecule has 3 rings (SSSR count). The number of aromatic nitrogens is 2. The van der Waals surface area contributed by atoms with Gasteiger partial charge in [-0.25, -0.2) is 9.97 Å². The molecule has 0 spiro atoms. The molecule has 0 radical (unpaired) electrons. The van der Waals surface area contributed by atoms with Crippen molar-refractivity contribution >= 4 is 32.8 Å². The van der Waals surface area contributed by atoms with Gasteiger partial charge in [0.05, 0.1) is 9.99 Å². The molecule has 0 atom stereocenters. The fraction of sp³-hybridized carbons (Fsp3) is 0.273. The topological polar surface area (TPSA) is 58.0 Å². The highest BCUT2D eigenvalue weighted by molar-refractivity contribution is 9.10. The lowest BCUT2D eigenvalue weighted by molar-refractivity contribution is 0.472. The molecule has 1 heterocycles. The normalized spacial score (nSPS) is 15.3. The highest BCUT2D eigenvalue weighted by atomic mass is 79.9. The molecule has 1 fully saturated rings. The van der Waals surface area contributed by atoms with E-state index < -0.39 is 0 Å². The fourth-order valence-corrected chi connectivity index (χ4v) is 1.88. The second kappa shape index (κ2) is 3.59. The van der Waals surface area contributed by atoms with Crippen LogP contribution in [0.5, 0.6) is 5.75 Å². The largest absolute Gasteiger partial charge is 0.507 e. The number of fused-ring (bicyclic) bond motifs is 1. The SMILES string of the molecule is Oc1cc2nc(NC3CC3)ncc2cc1Br. The first kappa shape index (κ1) is 9.84. The number of nitrogens with one attached hydrogen (secondary N) is 1. The van der Waals surface area contributed by atoms with Crippen LogP contribution in [0.1, 0.15) is 12.8 Å². The zero-order chi connectivity index (χ0) is 11.1. The fourth-order valence-electron chi connectivity index (χ4n) is 1.52. The van der Waals surface area contributed by atoms with E-state index in [1.54, 1.807) is 12.3 Å². The van der Waals surface area contributed by atoms with E-state index in [0.717, 1.165) is 10.9 Å². The molecular weight excluding hydrogens is 270 g/mol. The molecule has 1 saturated carbocycles. The maximum atomic E-state index is 9.57. The van der Waals surface area contributed by atoms with Gasteiger partial charge in [-0.15, -0.1) is 0 Å². The van der Waals surface area contributed by atoms with Crippen molar-refractivity contribution in [3.8, 4) is 5.75 Å². The maximum Gasteiger partial charge on any atom is 0.223 e. The van der Waals surface area contributed by atoms with Gasteiger partial charge < -0.3 is 10.4 Å². The van der Waals surface area contributed by atoms with E-state index in [1.807, 2.05) is 6.07 Å². The molecule has 2 aromatic rings. The van der Waals surface area contributed by atoms with Gasteiger partial charge in [0, 0.05) is 23.7 Å². The third-order valence-corrected chi connectivity index (χ3v) is 3.19. The van der Waals surface area contributed by atoms with Crippen molar-refractivity contribution in [2.24, 2.45) is 0 Å². The predicted octanol–water partition coefficient (Wildman–Crippen LogP) is 2.67. The number of hydrogen-bond acceptors (Lipinski definition) is 4. The molecule has 16 heavy (non-hydrogen) atoms. The Morgan fingerprint density at radius 3 is 2.94 bits per heavy atom. The van der Waals surface area contributed by atoms with Gasteiger partial charge in [-0.1, -0.05) is 0 Å². The summed E-state index contributed by atoms with van der Waals surface area (Å²) in [6.07, 6.45) is 4.14. The number of anilines is 1. The monoisotopic (exact) mass is 279 g/mol. The van der Waals surface area contributed by atoms with Crippen LogP contribution in [-0.4, -0.2) is 21.1 Å². The van der Waals surface area contributed by atoms with Gasteiger partial charge in [-0.3, -0.25) is 0 Å². The van der Waals surface area contributed by atoms with Crippen LogP contribution in [0.15, 0.2) is 22.8 Å². The molecule has 0 aliphatic heterocycles. The van der Waals surface area contributed by atoms with Crippen LogP contribution in [0.4, 0.5) is 5.95 Å². The predicted molar refractivity (Wildman–Crippen MR) is 65.5 cm³/mol. The van der Waals surface area contributed by atoms with Gasteiger partial charge >= 0.3 is 0 Å². The summed E-state index contributed by atoms with van der Waals surface area (Å²) >= 11 is 3.26. The Hall–Kier alpha value is -1.36. The Balaban J connectivity index is 2.05. The molecule has 0 amide bonds. The Morgan fingerprint density at radius 2 is 2.19 bits per heavy atom. The standard InChI is InChI=1S/C11H10BrN3O/c12-8-3-6-5-13-11(14-7-1-2-7)15-9(6)4-10(8)16/h3-5,7,16H,1-2H2,(H,13,14,15). The number of halogens is 1. The summed E-state index contributed by atoms with van der Waals surface area (Å²) in [7, 11) is 0. The van der Waals surface area contributed by atoms with E-state index in [1.165, 1.54) is 12.8 Å². The second-order valence-corrected chi connectivity index (χ2v) is 4.83. The summed E-state index contributed by atoms with van der Waals surface area (Å²) in [4.78, 5) is 8.59. The van der Waals surface area contributed by atoms with E-state index in [2.05, 4.69) is 31.2 Å². The van der Waals surface area contributed by atoms with Crippen molar-refractivity contribution in [3.63, 3.8) is 0 Å². The summed E-state index contributed by atoms with van der Waals surface area (Å²) in [5.41, 5.74) is 0.749. The number of phenolic OH excluding ortho intramolecular Hbond substituents is 1. The van der Waals surface area contributed by atoms with Crippen LogP contribution in [-0.2, 0) is 0 Å². The average molecular weight is 280 g/mol. The molecule has 2 N–H and O–H groups in total. The van der Waals surface area contributed by atoms with Crippen molar-refractivity contribution in [1.82, 2.24) is 9.97 Å². The average Bonchev–Trinajstić information content (AvgIpc) is 3.04. The molecule has 4 nitrogen and oxygen atoms in total. The third-order valence-electron chi connectivity index (χ3n) is 2.56. The minimum Gasteiger partial charge on any atom is -0.507 e. The summed E-state index contributed by atoms with van der Waals surface area (Å²) in [6, 6.07) is 3.98. The molecule has 0 bridgehead atoms. The van der Waals surface area contributed by atoms with Crippen molar-refractivity contribution < 1.29 is 5.11 Å². The van der Waals surface area contributed by atoms with Crippen molar-refractivity contribution in [3.05, 3.63) is 22.8 Å². The van der Waals surface area contributed by atoms with Crippen LogP contribution in [0.25, 0.3) is 10.9 Å². The van der Waals surface area contributed by atoms with Gasteiger partial charge in [0.25, 0.3) is 0 Å². The van der Waals surface area contributed by atoms with Crippen LogP contribution in [0, 0.1) is 0 Å². The molecule has 82 valence electrons. The Kier molecular flexibility index (Phi) is 2.21. The van der Waals surface area contributed by atoms with Gasteiger partial charge in [0.15, 0.2) is 0 Å². The van der Waals surface area contributed by atoms with Gasteiger partial charge in [-0.05, 0) is 34.8 Å². The summed E-state index contributed by atoms with van der Waals surface area (Å²) < 4.78 is 0.659.